The van der Waals surface area contributed by atoms with Gasteiger partial charge >= 0.3 is 6.18 Å². The first-order valence-corrected chi connectivity index (χ1v) is 9.69. The molecule has 0 aliphatic rings. The standard InChI is InChI=1S/C21H13F4N3OS/c22-16-6-4-13(8-15(16)21(23,24)25)17-7-5-12-2-1-3-18(20(12)28-17)27-19(29)9-14-10-30-11-26-14/h1-8,10-11H,9H2,(H,27,29). The van der Waals surface area contributed by atoms with E-state index in [1.165, 1.54) is 17.4 Å². The molecule has 0 saturated carbocycles. The number of para-hydroxylation sites is 1. The Labute approximate surface area is 172 Å². The first-order valence-electron chi connectivity index (χ1n) is 8.75. The van der Waals surface area contributed by atoms with Crippen LogP contribution in [0.25, 0.3) is 22.2 Å². The SMILES string of the molecule is O=C(Cc1cscn1)Nc1cccc2ccc(-c3ccc(F)c(C(F)(F)F)c3)nc12. The highest BCUT2D eigenvalue weighted by molar-refractivity contribution is 7.07. The van der Waals surface area contributed by atoms with Crippen LogP contribution in [0.15, 0.2) is 59.4 Å². The first-order chi connectivity index (χ1) is 14.3. The highest BCUT2D eigenvalue weighted by Crippen LogP contribution is 2.34. The lowest BCUT2D eigenvalue weighted by Gasteiger charge is -2.12. The van der Waals surface area contributed by atoms with Crippen LogP contribution in [-0.2, 0) is 17.4 Å². The van der Waals surface area contributed by atoms with Gasteiger partial charge in [0.15, 0.2) is 0 Å². The van der Waals surface area contributed by atoms with Crippen LogP contribution >= 0.6 is 11.3 Å². The summed E-state index contributed by atoms with van der Waals surface area (Å²) in [6, 6.07) is 11.1. The van der Waals surface area contributed by atoms with Gasteiger partial charge in [-0.2, -0.15) is 13.2 Å². The van der Waals surface area contributed by atoms with Crippen molar-refractivity contribution in [3.63, 3.8) is 0 Å². The molecule has 152 valence electrons. The van der Waals surface area contributed by atoms with Crippen molar-refractivity contribution < 1.29 is 22.4 Å². The van der Waals surface area contributed by atoms with Gasteiger partial charge in [0.2, 0.25) is 5.91 Å². The van der Waals surface area contributed by atoms with Crippen LogP contribution in [-0.4, -0.2) is 15.9 Å². The van der Waals surface area contributed by atoms with Crippen molar-refractivity contribution in [3.8, 4) is 11.3 Å². The summed E-state index contributed by atoms with van der Waals surface area (Å²) in [5, 5.41) is 5.24. The minimum atomic E-state index is -4.81. The van der Waals surface area contributed by atoms with Crippen LogP contribution in [0, 0.1) is 5.82 Å². The van der Waals surface area contributed by atoms with E-state index in [4.69, 9.17) is 0 Å². The smallest absolute Gasteiger partial charge is 0.324 e. The second kappa shape index (κ2) is 7.83. The maximum Gasteiger partial charge on any atom is 0.419 e. The van der Waals surface area contributed by atoms with Crippen molar-refractivity contribution in [3.05, 3.63) is 76.5 Å². The van der Waals surface area contributed by atoms with E-state index in [0.717, 1.165) is 12.1 Å². The number of hydrogen-bond acceptors (Lipinski definition) is 4. The number of nitrogens with one attached hydrogen (secondary N) is 1. The fourth-order valence-corrected chi connectivity index (χ4v) is 3.55. The van der Waals surface area contributed by atoms with E-state index in [0.29, 0.717) is 22.3 Å². The zero-order valence-electron chi connectivity index (χ0n) is 15.2. The summed E-state index contributed by atoms with van der Waals surface area (Å²) in [5.41, 5.74) is 2.10. The number of aromatic nitrogens is 2. The Morgan fingerprint density at radius 3 is 2.67 bits per heavy atom. The van der Waals surface area contributed by atoms with Gasteiger partial charge in [-0.15, -0.1) is 11.3 Å². The fraction of sp³-hybridized carbons (Fsp3) is 0.0952. The molecule has 0 spiro atoms. The van der Waals surface area contributed by atoms with Crippen molar-refractivity contribution in [1.29, 1.82) is 0 Å². The van der Waals surface area contributed by atoms with Crippen molar-refractivity contribution >= 4 is 33.8 Å². The molecule has 0 bridgehead atoms. The average Bonchev–Trinajstić information content (AvgIpc) is 3.20. The molecule has 0 aliphatic carbocycles. The van der Waals surface area contributed by atoms with Crippen molar-refractivity contribution in [2.24, 2.45) is 0 Å². The summed E-state index contributed by atoms with van der Waals surface area (Å²) in [6.45, 7) is 0. The van der Waals surface area contributed by atoms with E-state index in [1.807, 2.05) is 0 Å². The van der Waals surface area contributed by atoms with Crippen molar-refractivity contribution in [2.45, 2.75) is 12.6 Å². The number of rotatable bonds is 4. The maximum atomic E-state index is 13.6. The minimum absolute atomic E-state index is 0.0898. The van der Waals surface area contributed by atoms with Crippen LogP contribution < -0.4 is 5.32 Å². The molecule has 2 aromatic heterocycles. The number of pyridine rings is 1. The molecule has 1 N–H and O–H groups in total. The number of carbonyl (C=O) groups excluding carboxylic acids is 1. The summed E-state index contributed by atoms with van der Waals surface area (Å²) >= 11 is 1.38. The van der Waals surface area contributed by atoms with Gasteiger partial charge in [0.25, 0.3) is 0 Å². The molecule has 0 fully saturated rings. The quantitative estimate of drug-likeness (QED) is 0.422. The van der Waals surface area contributed by atoms with E-state index in [9.17, 15) is 22.4 Å². The van der Waals surface area contributed by atoms with Gasteiger partial charge in [0.1, 0.15) is 5.82 Å². The number of nitrogens with zero attached hydrogens (tertiary/aromatic N) is 2. The van der Waals surface area contributed by atoms with Gasteiger partial charge in [0, 0.05) is 16.3 Å². The molecule has 4 rings (SSSR count). The van der Waals surface area contributed by atoms with E-state index in [-0.39, 0.29) is 23.6 Å². The van der Waals surface area contributed by atoms with E-state index in [2.05, 4.69) is 15.3 Å². The fourth-order valence-electron chi connectivity index (χ4n) is 2.99. The number of carbonyl (C=O) groups is 1. The Kier molecular flexibility index (Phi) is 5.21. The molecule has 30 heavy (non-hydrogen) atoms. The van der Waals surface area contributed by atoms with Crippen LogP contribution in [0.1, 0.15) is 11.3 Å². The monoisotopic (exact) mass is 431 g/mol. The average molecular weight is 431 g/mol. The molecule has 4 aromatic rings. The van der Waals surface area contributed by atoms with Crippen molar-refractivity contribution in [1.82, 2.24) is 9.97 Å². The van der Waals surface area contributed by atoms with Gasteiger partial charge < -0.3 is 5.32 Å². The minimum Gasteiger partial charge on any atom is -0.324 e. The number of thiazole rings is 1. The van der Waals surface area contributed by atoms with Gasteiger partial charge in [-0.25, -0.2) is 14.4 Å². The molecular weight excluding hydrogens is 418 g/mol. The Balaban J connectivity index is 1.70. The van der Waals surface area contributed by atoms with Crippen LogP contribution in [0.5, 0.6) is 0 Å². The number of hydrogen-bond donors (Lipinski definition) is 1. The number of halogens is 4. The topological polar surface area (TPSA) is 54.9 Å². The Hall–Kier alpha value is -3.33. The third-order valence-electron chi connectivity index (χ3n) is 4.39. The molecule has 2 heterocycles. The number of benzene rings is 2. The summed E-state index contributed by atoms with van der Waals surface area (Å²) in [5.74, 6) is -1.64. The second-order valence-corrected chi connectivity index (χ2v) is 7.19. The molecule has 9 heteroatoms. The molecule has 2 aromatic carbocycles. The predicted octanol–water partition coefficient (Wildman–Crippen LogP) is 5.70. The third kappa shape index (κ3) is 4.16. The van der Waals surface area contributed by atoms with Gasteiger partial charge in [0.05, 0.1) is 40.1 Å². The lowest BCUT2D eigenvalue weighted by molar-refractivity contribution is -0.140. The summed E-state index contributed by atoms with van der Waals surface area (Å²) in [6.07, 6.45) is -4.72. The number of amides is 1. The normalized spacial score (nSPS) is 11.6. The Morgan fingerprint density at radius 1 is 1.10 bits per heavy atom. The molecule has 0 saturated heterocycles. The molecule has 0 aliphatic heterocycles. The highest BCUT2D eigenvalue weighted by Gasteiger charge is 2.34. The van der Waals surface area contributed by atoms with Gasteiger partial charge in [-0.3, -0.25) is 4.79 Å². The molecule has 0 atom stereocenters. The Bertz CT molecular complexity index is 1220. The summed E-state index contributed by atoms with van der Waals surface area (Å²) in [4.78, 5) is 20.8. The van der Waals surface area contributed by atoms with E-state index >= 15 is 0 Å². The number of alkyl halides is 3. The van der Waals surface area contributed by atoms with Crippen LogP contribution in [0.2, 0.25) is 0 Å². The summed E-state index contributed by atoms with van der Waals surface area (Å²) < 4.78 is 52.7. The molecule has 0 unspecified atom stereocenters. The van der Waals surface area contributed by atoms with Gasteiger partial charge in [-0.1, -0.05) is 18.2 Å². The van der Waals surface area contributed by atoms with Crippen LogP contribution in [0.3, 0.4) is 0 Å². The number of fused-ring (bicyclic) bond motifs is 1. The maximum absolute atomic E-state index is 13.6. The Morgan fingerprint density at radius 2 is 1.93 bits per heavy atom. The van der Waals surface area contributed by atoms with Gasteiger partial charge in [-0.05, 0) is 30.3 Å². The van der Waals surface area contributed by atoms with Crippen molar-refractivity contribution in [2.75, 3.05) is 5.32 Å². The predicted molar refractivity (Wildman–Crippen MR) is 107 cm³/mol. The lowest BCUT2D eigenvalue weighted by Crippen LogP contribution is -2.15. The molecular formula is C21H13F4N3OS. The highest BCUT2D eigenvalue weighted by atomic mass is 32.1. The summed E-state index contributed by atoms with van der Waals surface area (Å²) in [7, 11) is 0. The zero-order valence-corrected chi connectivity index (χ0v) is 16.0. The molecule has 4 nitrogen and oxygen atoms in total. The third-order valence-corrected chi connectivity index (χ3v) is 5.02. The van der Waals surface area contributed by atoms with Crippen LogP contribution in [0.4, 0.5) is 23.2 Å². The zero-order chi connectivity index (χ0) is 21.3. The second-order valence-electron chi connectivity index (χ2n) is 6.47. The largest absolute Gasteiger partial charge is 0.419 e. The van der Waals surface area contributed by atoms with E-state index < -0.39 is 17.6 Å². The molecule has 0 radical (unpaired) electrons. The first kappa shape index (κ1) is 20.0. The number of anilines is 1. The molecule has 1 amide bonds. The van der Waals surface area contributed by atoms with E-state index in [1.54, 1.807) is 41.2 Å². The lowest BCUT2D eigenvalue weighted by atomic mass is 10.1.